The second-order valence-corrected chi connectivity index (χ2v) is 7.52. The molecule has 13 heteroatoms. The molecule has 124 valence electrons. The predicted molar refractivity (Wildman–Crippen MR) is 73.8 cm³/mol. The normalized spacial score (nSPS) is 32.0. The number of anilines is 1. The lowest BCUT2D eigenvalue weighted by Crippen LogP contribution is -2.40. The standard InChI is InChI=1S/C10H12N5O6PS/c11-7-4-8(13-2-12-7)15-9-6(23-10(15)14-4)5(16)3(21-9)1-20-22(17,18)19/h2-3,5-6,9,16H,1H2,(H4,11,12,13,17,18,19). The summed E-state index contributed by atoms with van der Waals surface area (Å²) in [5.41, 5.74) is 6.88. The minimum absolute atomic E-state index is 0.292. The number of nitrogen functional groups attached to an aromatic ring is 1. The van der Waals surface area contributed by atoms with Crippen LogP contribution in [0, 0.1) is 0 Å². The Morgan fingerprint density at radius 3 is 3.13 bits per heavy atom. The number of thioether (sulfide) groups is 1. The highest BCUT2D eigenvalue weighted by molar-refractivity contribution is 7.99. The van der Waals surface area contributed by atoms with E-state index in [0.717, 1.165) is 0 Å². The van der Waals surface area contributed by atoms with Gasteiger partial charge in [0.15, 0.2) is 18.4 Å². The van der Waals surface area contributed by atoms with E-state index in [9.17, 15) is 14.6 Å². The topological polar surface area (TPSA) is 171 Å². The Morgan fingerprint density at radius 1 is 1.61 bits per heavy atom. The Hall–Kier alpha value is -1.27. The van der Waals surface area contributed by atoms with Crippen LogP contribution in [-0.2, 0) is 13.8 Å². The highest BCUT2D eigenvalue weighted by atomic mass is 32.2. The van der Waals surface area contributed by atoms with Gasteiger partial charge in [0.05, 0.1) is 6.61 Å². The van der Waals surface area contributed by atoms with Gasteiger partial charge in [-0.25, -0.2) is 0 Å². The number of phosphoric acid groups is 1. The number of aromatic amines is 1. The molecule has 11 nitrogen and oxygen atoms in total. The lowest BCUT2D eigenvalue weighted by molar-refractivity contribution is -0.763. The second kappa shape index (κ2) is 5.11. The van der Waals surface area contributed by atoms with E-state index in [1.807, 2.05) is 0 Å². The Kier molecular flexibility index (Phi) is 3.39. The van der Waals surface area contributed by atoms with Crippen molar-refractivity contribution in [3.8, 4) is 0 Å². The second-order valence-electron chi connectivity index (χ2n) is 5.16. The van der Waals surface area contributed by atoms with Gasteiger partial charge in [0, 0.05) is 0 Å². The van der Waals surface area contributed by atoms with Crippen LogP contribution in [0.2, 0.25) is 0 Å². The maximum Gasteiger partial charge on any atom is 0.310 e. The maximum atomic E-state index is 10.7. The van der Waals surface area contributed by atoms with Crippen LogP contribution in [0.25, 0.3) is 11.2 Å². The molecule has 2 aliphatic heterocycles. The van der Waals surface area contributed by atoms with E-state index < -0.39 is 32.9 Å². The van der Waals surface area contributed by atoms with Gasteiger partial charge in [-0.3, -0.25) is 9.55 Å². The van der Waals surface area contributed by atoms with Crippen LogP contribution >= 0.6 is 19.6 Å². The number of imidazole rings is 1. The summed E-state index contributed by atoms with van der Waals surface area (Å²) in [6.07, 6.45) is -1.11. The molecule has 4 heterocycles. The molecule has 2 aliphatic rings. The zero-order valence-corrected chi connectivity index (χ0v) is 13.1. The molecule has 5 atom stereocenters. The average Bonchev–Trinajstić information content (AvgIpc) is 3.07. The van der Waals surface area contributed by atoms with E-state index in [2.05, 4.69) is 19.5 Å². The number of hydrogen-bond acceptors (Lipinski definition) is 9. The number of ether oxygens (including phenoxy) is 1. The van der Waals surface area contributed by atoms with E-state index in [1.165, 1.54) is 18.1 Å². The van der Waals surface area contributed by atoms with Crippen molar-refractivity contribution in [2.45, 2.75) is 28.8 Å². The molecule has 0 aromatic carbocycles. The quantitative estimate of drug-likeness (QED) is 0.355. The number of aromatic nitrogens is 4. The molecule has 5 N–H and O–H groups in total. The van der Waals surface area contributed by atoms with Crippen LogP contribution in [0.5, 0.6) is 0 Å². The van der Waals surface area contributed by atoms with Crippen molar-refractivity contribution in [3.05, 3.63) is 6.33 Å². The molecule has 1 fully saturated rings. The molecule has 0 saturated carbocycles. The molecule has 5 unspecified atom stereocenters. The number of nitrogens with one attached hydrogen (secondary N) is 1. The van der Waals surface area contributed by atoms with Gasteiger partial charge in [-0.05, 0) is 11.8 Å². The van der Waals surface area contributed by atoms with E-state index in [1.54, 1.807) is 4.57 Å². The number of aliphatic hydroxyl groups is 1. The third-order valence-electron chi connectivity index (χ3n) is 3.75. The molecule has 2 aromatic heterocycles. The lowest BCUT2D eigenvalue weighted by atomic mass is 10.2. The molecule has 0 spiro atoms. The van der Waals surface area contributed by atoms with Crippen LogP contribution in [0.15, 0.2) is 11.5 Å². The third kappa shape index (κ3) is 2.43. The SMILES string of the molecule is Nc1ncnc2c1[nH]c1[n+]2C2OC(COP(=O)([O-])O)C(O)C2S1. The number of nitrogens with two attached hydrogens (primary N) is 1. The molecule has 4 rings (SSSR count). The largest absolute Gasteiger partial charge is 0.756 e. The van der Waals surface area contributed by atoms with Crippen molar-refractivity contribution in [1.29, 1.82) is 0 Å². The number of hydrogen-bond donors (Lipinski definition) is 4. The van der Waals surface area contributed by atoms with E-state index >= 15 is 0 Å². The Balaban J connectivity index is 1.64. The maximum absolute atomic E-state index is 10.7. The first-order valence-corrected chi connectivity index (χ1v) is 8.95. The Labute approximate surface area is 133 Å². The highest BCUT2D eigenvalue weighted by Gasteiger charge is 2.54. The first-order valence-electron chi connectivity index (χ1n) is 6.57. The summed E-state index contributed by atoms with van der Waals surface area (Å²) in [6, 6.07) is 0. The third-order valence-corrected chi connectivity index (χ3v) is 5.53. The number of nitrogens with zero attached hydrogens (tertiary/aromatic N) is 3. The molecular formula is C10H12N5O6PS. The van der Waals surface area contributed by atoms with Gasteiger partial charge < -0.3 is 29.9 Å². The smallest absolute Gasteiger partial charge is 0.310 e. The Morgan fingerprint density at radius 2 is 2.39 bits per heavy atom. The number of rotatable bonds is 3. The van der Waals surface area contributed by atoms with Gasteiger partial charge in [0.1, 0.15) is 17.5 Å². The summed E-state index contributed by atoms with van der Waals surface area (Å²) in [4.78, 5) is 30.5. The fraction of sp³-hybridized carbons (Fsp3) is 0.500. The molecule has 0 radical (unpaired) electrons. The minimum atomic E-state index is -4.87. The summed E-state index contributed by atoms with van der Waals surface area (Å²) in [5.74, 6) is 0.292. The highest BCUT2D eigenvalue weighted by Crippen LogP contribution is 2.45. The molecule has 1 saturated heterocycles. The Bertz CT molecular complexity index is 825. The summed E-state index contributed by atoms with van der Waals surface area (Å²) in [5, 5.41) is 10.6. The number of aliphatic hydroxyl groups excluding tert-OH is 1. The van der Waals surface area contributed by atoms with Gasteiger partial charge in [-0.1, -0.05) is 4.98 Å². The summed E-state index contributed by atoms with van der Waals surface area (Å²) < 4.78 is 22.5. The number of fused-ring (bicyclic) bond motifs is 5. The predicted octanol–water partition coefficient (Wildman–Crippen LogP) is -1.96. The summed E-state index contributed by atoms with van der Waals surface area (Å²) >= 11 is 1.33. The lowest BCUT2D eigenvalue weighted by Gasteiger charge is -2.20. The zero-order chi connectivity index (χ0) is 16.4. The van der Waals surface area contributed by atoms with Gasteiger partial charge in [0.25, 0.3) is 13.0 Å². The molecule has 0 amide bonds. The molecule has 0 aliphatic carbocycles. The zero-order valence-electron chi connectivity index (χ0n) is 11.4. The van der Waals surface area contributed by atoms with Crippen molar-refractivity contribution in [2.24, 2.45) is 0 Å². The average molecular weight is 361 g/mol. The number of phosphoric ester groups is 1. The van der Waals surface area contributed by atoms with Crippen LogP contribution in [0.1, 0.15) is 6.23 Å². The summed E-state index contributed by atoms with van der Waals surface area (Å²) in [7, 11) is -4.87. The fourth-order valence-corrected chi connectivity index (χ4v) is 4.44. The van der Waals surface area contributed by atoms with E-state index in [-0.39, 0.29) is 5.25 Å². The van der Waals surface area contributed by atoms with Gasteiger partial charge in [-0.15, -0.1) is 0 Å². The van der Waals surface area contributed by atoms with Crippen molar-refractivity contribution in [2.75, 3.05) is 12.3 Å². The van der Waals surface area contributed by atoms with Crippen LogP contribution < -0.4 is 15.2 Å². The van der Waals surface area contributed by atoms with Gasteiger partial charge in [-0.2, -0.15) is 9.55 Å². The van der Waals surface area contributed by atoms with Crippen LogP contribution in [0.3, 0.4) is 0 Å². The van der Waals surface area contributed by atoms with Crippen molar-refractivity contribution >= 4 is 36.6 Å². The van der Waals surface area contributed by atoms with Crippen molar-refractivity contribution < 1.29 is 33.3 Å². The van der Waals surface area contributed by atoms with Crippen molar-refractivity contribution in [3.63, 3.8) is 0 Å². The van der Waals surface area contributed by atoms with E-state index in [4.69, 9.17) is 15.4 Å². The monoisotopic (exact) mass is 361 g/mol. The summed E-state index contributed by atoms with van der Waals surface area (Å²) in [6.45, 7) is -0.471. The molecular weight excluding hydrogens is 349 g/mol. The van der Waals surface area contributed by atoms with Crippen molar-refractivity contribution in [1.82, 2.24) is 15.0 Å². The number of H-pyrrole nitrogens is 1. The molecule has 0 bridgehead atoms. The first-order chi connectivity index (χ1) is 10.8. The fourth-order valence-electron chi connectivity index (χ4n) is 2.77. The van der Waals surface area contributed by atoms with Gasteiger partial charge >= 0.3 is 5.65 Å². The van der Waals surface area contributed by atoms with Gasteiger partial charge in [0.2, 0.25) is 5.52 Å². The molecule has 2 aromatic rings. The van der Waals surface area contributed by atoms with E-state index in [0.29, 0.717) is 22.1 Å². The minimum Gasteiger partial charge on any atom is -0.756 e. The van der Waals surface area contributed by atoms with Crippen LogP contribution in [0.4, 0.5) is 5.82 Å². The molecule has 23 heavy (non-hydrogen) atoms. The van der Waals surface area contributed by atoms with Crippen LogP contribution in [-0.4, -0.2) is 49.0 Å². The first kappa shape index (κ1) is 15.3.